The highest BCUT2D eigenvalue weighted by molar-refractivity contribution is 5.89. The molecule has 5 nitrogen and oxygen atoms in total. The summed E-state index contributed by atoms with van der Waals surface area (Å²) in [5.41, 5.74) is 6.46. The lowest BCUT2D eigenvalue weighted by Gasteiger charge is -2.06. The number of benzene rings is 1. The molecule has 19 heavy (non-hydrogen) atoms. The quantitative estimate of drug-likeness (QED) is 0.546. The Labute approximate surface area is 113 Å². The van der Waals surface area contributed by atoms with Gasteiger partial charge in [0.15, 0.2) is 0 Å². The Kier molecular flexibility index (Phi) is 6.60. The van der Waals surface area contributed by atoms with E-state index in [0.717, 1.165) is 18.4 Å². The fraction of sp³-hybridized carbons (Fsp3) is 0.429. The van der Waals surface area contributed by atoms with Gasteiger partial charge in [0.25, 0.3) is 0 Å². The Morgan fingerprint density at radius 1 is 1.37 bits per heavy atom. The number of unbranched alkanes of at least 4 members (excludes halogenated alkanes) is 1. The van der Waals surface area contributed by atoms with Crippen molar-refractivity contribution in [3.8, 4) is 0 Å². The zero-order valence-electron chi connectivity index (χ0n) is 11.1. The van der Waals surface area contributed by atoms with Crippen LogP contribution in [0.1, 0.15) is 35.7 Å². The van der Waals surface area contributed by atoms with Crippen LogP contribution in [0.3, 0.4) is 0 Å². The molecule has 1 aromatic rings. The molecule has 5 heteroatoms. The zero-order valence-corrected chi connectivity index (χ0v) is 11.1. The smallest absolute Gasteiger partial charge is 0.338 e. The van der Waals surface area contributed by atoms with Crippen LogP contribution in [-0.4, -0.2) is 25.0 Å². The number of nitrogens with two attached hydrogens (primary N) is 1. The molecule has 104 valence electrons. The Morgan fingerprint density at radius 3 is 2.84 bits per heavy atom. The molecule has 0 radical (unpaired) electrons. The van der Waals surface area contributed by atoms with Crippen LogP contribution in [0.2, 0.25) is 0 Å². The lowest BCUT2D eigenvalue weighted by atomic mass is 10.1. The van der Waals surface area contributed by atoms with Crippen molar-refractivity contribution in [2.24, 2.45) is 5.73 Å². The number of hydrogen-bond acceptors (Lipinski definition) is 4. The highest BCUT2D eigenvalue weighted by Gasteiger charge is 2.07. The third-order valence-corrected chi connectivity index (χ3v) is 2.52. The van der Waals surface area contributed by atoms with Crippen molar-refractivity contribution >= 4 is 11.9 Å². The number of rotatable bonds is 8. The summed E-state index contributed by atoms with van der Waals surface area (Å²) in [4.78, 5) is 22.3. The first-order valence-corrected chi connectivity index (χ1v) is 6.38. The van der Waals surface area contributed by atoms with Crippen molar-refractivity contribution in [2.45, 2.75) is 26.3 Å². The van der Waals surface area contributed by atoms with Gasteiger partial charge in [0.1, 0.15) is 0 Å². The topological polar surface area (TPSA) is 81.4 Å². The second-order valence-electron chi connectivity index (χ2n) is 4.26. The van der Waals surface area contributed by atoms with Gasteiger partial charge in [0.05, 0.1) is 18.7 Å². The number of nitrogens with one attached hydrogen (secondary N) is 1. The number of carbonyl (C=O) groups excluding carboxylic acids is 2. The number of amides is 1. The third kappa shape index (κ3) is 6.01. The third-order valence-electron chi connectivity index (χ3n) is 2.52. The summed E-state index contributed by atoms with van der Waals surface area (Å²) >= 11 is 0. The molecule has 0 fully saturated rings. The van der Waals surface area contributed by atoms with Gasteiger partial charge in [-0.05, 0) is 24.1 Å². The van der Waals surface area contributed by atoms with E-state index in [1.807, 2.05) is 13.0 Å². The largest absolute Gasteiger partial charge is 0.462 e. The van der Waals surface area contributed by atoms with E-state index in [4.69, 9.17) is 10.5 Å². The second-order valence-corrected chi connectivity index (χ2v) is 4.26. The van der Waals surface area contributed by atoms with Crippen LogP contribution in [0.5, 0.6) is 0 Å². The van der Waals surface area contributed by atoms with E-state index in [9.17, 15) is 9.59 Å². The number of primary amides is 1. The fourth-order valence-corrected chi connectivity index (χ4v) is 1.53. The van der Waals surface area contributed by atoms with Crippen molar-refractivity contribution in [3.05, 3.63) is 35.4 Å². The molecule has 1 rings (SSSR count). The predicted octanol–water partition coefficient (Wildman–Crippen LogP) is 1.22. The Bertz CT molecular complexity index is 432. The second kappa shape index (κ2) is 8.26. The molecular weight excluding hydrogens is 244 g/mol. The normalized spacial score (nSPS) is 10.2. The van der Waals surface area contributed by atoms with Crippen LogP contribution >= 0.6 is 0 Å². The molecule has 0 aliphatic heterocycles. The van der Waals surface area contributed by atoms with Crippen LogP contribution in [0.15, 0.2) is 24.3 Å². The highest BCUT2D eigenvalue weighted by atomic mass is 16.5. The van der Waals surface area contributed by atoms with Crippen LogP contribution in [0.4, 0.5) is 0 Å². The van der Waals surface area contributed by atoms with E-state index in [1.54, 1.807) is 18.2 Å². The molecule has 0 spiro atoms. The van der Waals surface area contributed by atoms with Crippen molar-refractivity contribution in [3.63, 3.8) is 0 Å². The van der Waals surface area contributed by atoms with Gasteiger partial charge in [-0.2, -0.15) is 0 Å². The summed E-state index contributed by atoms with van der Waals surface area (Å²) in [6, 6.07) is 7.13. The van der Waals surface area contributed by atoms with E-state index in [0.29, 0.717) is 18.7 Å². The first-order chi connectivity index (χ1) is 9.13. The molecule has 0 aliphatic rings. The molecule has 0 aromatic heterocycles. The van der Waals surface area contributed by atoms with Crippen molar-refractivity contribution < 1.29 is 14.3 Å². The first kappa shape index (κ1) is 15.2. The molecule has 0 bridgehead atoms. The van der Waals surface area contributed by atoms with E-state index in [1.165, 1.54) is 0 Å². The Balaban J connectivity index is 2.51. The molecule has 3 N–H and O–H groups in total. The molecule has 0 heterocycles. The van der Waals surface area contributed by atoms with Gasteiger partial charge in [-0.25, -0.2) is 4.79 Å². The van der Waals surface area contributed by atoms with Crippen molar-refractivity contribution in [1.29, 1.82) is 0 Å². The van der Waals surface area contributed by atoms with E-state index < -0.39 is 5.91 Å². The van der Waals surface area contributed by atoms with Gasteiger partial charge in [-0.1, -0.05) is 25.5 Å². The van der Waals surface area contributed by atoms with Crippen molar-refractivity contribution in [1.82, 2.24) is 5.32 Å². The predicted molar refractivity (Wildman–Crippen MR) is 72.5 cm³/mol. The standard InChI is InChI=1S/C14H20N2O3/c1-2-3-7-19-14(18)12-6-4-5-11(8-12)9-16-10-13(15)17/h4-6,8,16H,2-3,7,9-10H2,1H3,(H2,15,17). The maximum Gasteiger partial charge on any atom is 0.338 e. The molecule has 0 atom stereocenters. The Morgan fingerprint density at radius 2 is 2.16 bits per heavy atom. The molecule has 0 saturated heterocycles. The van der Waals surface area contributed by atoms with Crippen molar-refractivity contribution in [2.75, 3.05) is 13.2 Å². The fourth-order valence-electron chi connectivity index (χ4n) is 1.53. The van der Waals surface area contributed by atoms with Gasteiger partial charge < -0.3 is 15.8 Å². The number of esters is 1. The molecule has 0 saturated carbocycles. The summed E-state index contributed by atoms with van der Waals surface area (Å²) in [6.45, 7) is 3.09. The minimum atomic E-state index is -0.407. The van der Waals surface area contributed by atoms with Crippen LogP contribution < -0.4 is 11.1 Å². The van der Waals surface area contributed by atoms with Gasteiger partial charge in [0, 0.05) is 6.54 Å². The summed E-state index contributed by atoms with van der Waals surface area (Å²) in [5, 5.41) is 2.89. The van der Waals surface area contributed by atoms with E-state index >= 15 is 0 Å². The average molecular weight is 264 g/mol. The SMILES string of the molecule is CCCCOC(=O)c1cccc(CNCC(N)=O)c1. The zero-order chi connectivity index (χ0) is 14.1. The average Bonchev–Trinajstić information content (AvgIpc) is 2.39. The van der Waals surface area contributed by atoms with Gasteiger partial charge in [-0.15, -0.1) is 0 Å². The van der Waals surface area contributed by atoms with Crippen LogP contribution in [0.25, 0.3) is 0 Å². The number of carbonyl (C=O) groups is 2. The maximum absolute atomic E-state index is 11.7. The van der Waals surface area contributed by atoms with Gasteiger partial charge in [-0.3, -0.25) is 4.79 Å². The molecule has 0 aliphatic carbocycles. The number of hydrogen-bond donors (Lipinski definition) is 2. The summed E-state index contributed by atoms with van der Waals surface area (Å²) < 4.78 is 5.13. The van der Waals surface area contributed by atoms with Crippen LogP contribution in [-0.2, 0) is 16.1 Å². The first-order valence-electron chi connectivity index (χ1n) is 6.38. The highest BCUT2D eigenvalue weighted by Crippen LogP contribution is 2.07. The minimum absolute atomic E-state index is 0.116. The lowest BCUT2D eigenvalue weighted by molar-refractivity contribution is -0.117. The van der Waals surface area contributed by atoms with E-state index in [-0.39, 0.29) is 12.5 Å². The molecule has 1 aromatic carbocycles. The molecule has 1 amide bonds. The molecule has 0 unspecified atom stereocenters. The summed E-state index contributed by atoms with van der Waals surface area (Å²) in [7, 11) is 0. The summed E-state index contributed by atoms with van der Waals surface area (Å²) in [5.74, 6) is -0.722. The minimum Gasteiger partial charge on any atom is -0.462 e. The Hall–Kier alpha value is -1.88. The van der Waals surface area contributed by atoms with Gasteiger partial charge >= 0.3 is 5.97 Å². The van der Waals surface area contributed by atoms with Gasteiger partial charge in [0.2, 0.25) is 5.91 Å². The van der Waals surface area contributed by atoms with Crippen LogP contribution in [0, 0.1) is 0 Å². The summed E-state index contributed by atoms with van der Waals surface area (Å²) in [6.07, 6.45) is 1.86. The number of ether oxygens (including phenoxy) is 1. The molecular formula is C14H20N2O3. The van der Waals surface area contributed by atoms with E-state index in [2.05, 4.69) is 5.32 Å². The monoisotopic (exact) mass is 264 g/mol. The maximum atomic E-state index is 11.7. The lowest BCUT2D eigenvalue weighted by Crippen LogP contribution is -2.28.